The molecule has 0 radical (unpaired) electrons. The molecule has 1 aromatic carbocycles. The summed E-state index contributed by atoms with van der Waals surface area (Å²) < 4.78 is 13.2. The second kappa shape index (κ2) is 6.42. The number of benzene rings is 1. The SMILES string of the molecule is CCCCNC(=S)N=Nc1c(O)[nH]c2ccc(F)cc12. The first kappa shape index (κ1) is 14.4. The van der Waals surface area contributed by atoms with E-state index in [0.717, 1.165) is 19.4 Å². The van der Waals surface area contributed by atoms with Crippen molar-refractivity contribution in [2.45, 2.75) is 19.8 Å². The van der Waals surface area contributed by atoms with Crippen molar-refractivity contribution in [2.75, 3.05) is 6.54 Å². The van der Waals surface area contributed by atoms with Gasteiger partial charge < -0.3 is 15.4 Å². The van der Waals surface area contributed by atoms with Crippen LogP contribution in [-0.2, 0) is 0 Å². The van der Waals surface area contributed by atoms with Gasteiger partial charge in [0.1, 0.15) is 5.82 Å². The predicted octanol–water partition coefficient (Wildman–Crippen LogP) is 3.77. The molecule has 5 nitrogen and oxygen atoms in total. The molecule has 0 aliphatic rings. The number of unbranched alkanes of at least 4 members (excludes halogenated alkanes) is 1. The number of thiocarbonyl (C=S) groups is 1. The van der Waals surface area contributed by atoms with E-state index >= 15 is 0 Å². The van der Waals surface area contributed by atoms with Gasteiger partial charge in [0, 0.05) is 11.9 Å². The molecule has 0 unspecified atom stereocenters. The molecule has 106 valence electrons. The minimum Gasteiger partial charge on any atom is -0.493 e. The van der Waals surface area contributed by atoms with Crippen LogP contribution in [-0.4, -0.2) is 21.7 Å². The average molecular weight is 294 g/mol. The number of nitrogens with zero attached hydrogens (tertiary/aromatic N) is 2. The fourth-order valence-corrected chi connectivity index (χ4v) is 1.88. The van der Waals surface area contributed by atoms with Gasteiger partial charge in [0.25, 0.3) is 0 Å². The number of halogens is 1. The number of hydrogen-bond acceptors (Lipinski definition) is 3. The third-order valence-electron chi connectivity index (χ3n) is 2.76. The minimum absolute atomic E-state index is 0.161. The van der Waals surface area contributed by atoms with E-state index in [0.29, 0.717) is 10.9 Å². The Balaban J connectivity index is 2.18. The minimum atomic E-state index is -0.406. The average Bonchev–Trinajstić information content (AvgIpc) is 2.72. The Hall–Kier alpha value is -2.02. The summed E-state index contributed by atoms with van der Waals surface area (Å²) in [7, 11) is 0. The van der Waals surface area contributed by atoms with Gasteiger partial charge in [0.15, 0.2) is 5.69 Å². The van der Waals surface area contributed by atoms with Crippen LogP contribution in [0, 0.1) is 5.82 Å². The van der Waals surface area contributed by atoms with E-state index in [-0.39, 0.29) is 16.7 Å². The highest BCUT2D eigenvalue weighted by Crippen LogP contribution is 2.35. The Kier molecular flexibility index (Phi) is 4.62. The largest absolute Gasteiger partial charge is 0.493 e. The lowest BCUT2D eigenvalue weighted by Gasteiger charge is -2.00. The van der Waals surface area contributed by atoms with Crippen molar-refractivity contribution < 1.29 is 9.50 Å². The third-order valence-corrected chi connectivity index (χ3v) is 2.99. The molecule has 7 heteroatoms. The van der Waals surface area contributed by atoms with Crippen LogP contribution in [0.3, 0.4) is 0 Å². The molecule has 0 atom stereocenters. The van der Waals surface area contributed by atoms with Gasteiger partial charge in [-0.1, -0.05) is 13.3 Å². The smallest absolute Gasteiger partial charge is 0.218 e. The summed E-state index contributed by atoms with van der Waals surface area (Å²) in [5.74, 6) is -0.567. The van der Waals surface area contributed by atoms with Gasteiger partial charge in [-0.15, -0.1) is 10.2 Å². The van der Waals surface area contributed by atoms with E-state index in [4.69, 9.17) is 12.2 Å². The number of rotatable bonds is 4. The zero-order valence-corrected chi connectivity index (χ0v) is 11.8. The van der Waals surface area contributed by atoms with Crippen LogP contribution in [0.4, 0.5) is 10.1 Å². The fourth-order valence-electron chi connectivity index (χ4n) is 1.74. The lowest BCUT2D eigenvalue weighted by Crippen LogP contribution is -2.19. The van der Waals surface area contributed by atoms with Gasteiger partial charge in [-0.25, -0.2) is 4.39 Å². The molecular formula is C13H15FN4OS. The molecule has 2 rings (SSSR count). The summed E-state index contributed by atoms with van der Waals surface area (Å²) in [5, 5.41) is 21.1. The highest BCUT2D eigenvalue weighted by atomic mass is 32.1. The number of aromatic hydroxyl groups is 1. The lowest BCUT2D eigenvalue weighted by atomic mass is 10.2. The Morgan fingerprint density at radius 2 is 2.30 bits per heavy atom. The molecular weight excluding hydrogens is 279 g/mol. The number of aromatic amines is 1. The monoisotopic (exact) mass is 294 g/mol. The number of azo groups is 1. The van der Waals surface area contributed by atoms with Crippen molar-refractivity contribution >= 4 is 33.9 Å². The quantitative estimate of drug-likeness (QED) is 0.456. The lowest BCUT2D eigenvalue weighted by molar-refractivity contribution is 0.459. The molecule has 0 amide bonds. The first-order chi connectivity index (χ1) is 9.61. The standard InChI is InChI=1S/C13H15FN4OS/c1-2-3-6-15-13(20)18-17-11-9-7-8(14)4-5-10(9)16-12(11)19/h4-5,7,16,19H,2-3,6H2,1H3,(H,15,20). The highest BCUT2D eigenvalue weighted by Gasteiger charge is 2.11. The van der Waals surface area contributed by atoms with Crippen molar-refractivity contribution in [2.24, 2.45) is 10.2 Å². The van der Waals surface area contributed by atoms with Crippen LogP contribution in [0.5, 0.6) is 5.88 Å². The number of aromatic nitrogens is 1. The molecule has 0 aliphatic heterocycles. The van der Waals surface area contributed by atoms with E-state index in [1.165, 1.54) is 18.2 Å². The number of H-pyrrole nitrogens is 1. The van der Waals surface area contributed by atoms with E-state index in [1.54, 1.807) is 0 Å². The maximum Gasteiger partial charge on any atom is 0.218 e. The zero-order chi connectivity index (χ0) is 14.5. The maximum atomic E-state index is 13.2. The molecule has 1 aromatic heterocycles. The first-order valence-corrected chi connectivity index (χ1v) is 6.72. The second-order valence-electron chi connectivity index (χ2n) is 4.30. The van der Waals surface area contributed by atoms with Gasteiger partial charge in [0.05, 0.1) is 5.52 Å². The van der Waals surface area contributed by atoms with Gasteiger partial charge in [-0.05, 0) is 36.8 Å². The molecule has 0 saturated heterocycles. The molecule has 20 heavy (non-hydrogen) atoms. The van der Waals surface area contributed by atoms with Crippen molar-refractivity contribution in [1.29, 1.82) is 0 Å². The van der Waals surface area contributed by atoms with Gasteiger partial charge in [-0.2, -0.15) is 0 Å². The van der Waals surface area contributed by atoms with Crippen molar-refractivity contribution in [3.8, 4) is 5.88 Å². The fraction of sp³-hybridized carbons (Fsp3) is 0.308. The summed E-state index contributed by atoms with van der Waals surface area (Å²) >= 11 is 4.99. The molecule has 0 aliphatic carbocycles. The molecule has 3 N–H and O–H groups in total. The summed E-state index contributed by atoms with van der Waals surface area (Å²) in [4.78, 5) is 2.70. The second-order valence-corrected chi connectivity index (χ2v) is 4.68. The molecule has 0 spiro atoms. The van der Waals surface area contributed by atoms with Crippen molar-refractivity contribution in [1.82, 2.24) is 10.3 Å². The summed E-state index contributed by atoms with van der Waals surface area (Å²) in [6, 6.07) is 4.12. The van der Waals surface area contributed by atoms with E-state index < -0.39 is 5.82 Å². The van der Waals surface area contributed by atoms with Gasteiger partial charge in [-0.3, -0.25) is 0 Å². The van der Waals surface area contributed by atoms with Gasteiger partial charge in [0.2, 0.25) is 11.0 Å². The maximum absolute atomic E-state index is 13.2. The van der Waals surface area contributed by atoms with Crippen LogP contribution in [0.15, 0.2) is 28.4 Å². The summed E-state index contributed by atoms with van der Waals surface area (Å²) in [6.07, 6.45) is 2.04. The third kappa shape index (κ3) is 3.30. The summed E-state index contributed by atoms with van der Waals surface area (Å²) in [6.45, 7) is 2.80. The predicted molar refractivity (Wildman–Crippen MR) is 79.9 cm³/mol. The summed E-state index contributed by atoms with van der Waals surface area (Å²) in [5.41, 5.74) is 0.766. The Morgan fingerprint density at radius 1 is 1.50 bits per heavy atom. The highest BCUT2D eigenvalue weighted by molar-refractivity contribution is 7.80. The van der Waals surface area contributed by atoms with Crippen LogP contribution in [0.25, 0.3) is 10.9 Å². The van der Waals surface area contributed by atoms with Crippen LogP contribution >= 0.6 is 12.2 Å². The van der Waals surface area contributed by atoms with E-state index in [9.17, 15) is 9.50 Å². The normalized spacial score (nSPS) is 11.3. The Bertz CT molecular complexity index is 653. The Morgan fingerprint density at radius 3 is 3.05 bits per heavy atom. The van der Waals surface area contributed by atoms with Crippen LogP contribution in [0.2, 0.25) is 0 Å². The van der Waals surface area contributed by atoms with Crippen molar-refractivity contribution in [3.05, 3.63) is 24.0 Å². The molecule has 0 bridgehead atoms. The Labute approximate surface area is 120 Å². The first-order valence-electron chi connectivity index (χ1n) is 6.31. The van der Waals surface area contributed by atoms with E-state index in [1.807, 2.05) is 0 Å². The topological polar surface area (TPSA) is 72.8 Å². The molecule has 2 aromatic rings. The number of fused-ring (bicyclic) bond motifs is 1. The van der Waals surface area contributed by atoms with E-state index in [2.05, 4.69) is 27.5 Å². The van der Waals surface area contributed by atoms with Crippen LogP contribution < -0.4 is 5.32 Å². The van der Waals surface area contributed by atoms with Crippen LogP contribution in [0.1, 0.15) is 19.8 Å². The molecule has 0 saturated carbocycles. The van der Waals surface area contributed by atoms with Crippen molar-refractivity contribution in [3.63, 3.8) is 0 Å². The number of hydrogen-bond donors (Lipinski definition) is 3. The van der Waals surface area contributed by atoms with Gasteiger partial charge >= 0.3 is 0 Å². The zero-order valence-electron chi connectivity index (χ0n) is 11.0. The molecule has 0 fully saturated rings. The number of nitrogens with one attached hydrogen (secondary N) is 2. The molecule has 1 heterocycles.